The number of nitrogens with one attached hydrogen (secondary N) is 1. The Morgan fingerprint density at radius 3 is 2.34 bits per heavy atom. The molecule has 0 amide bonds. The topological polar surface area (TPSA) is 91.1 Å². The third-order valence-corrected chi connectivity index (χ3v) is 4.97. The number of hydrogen-bond acceptors (Lipinski definition) is 5. The zero-order chi connectivity index (χ0) is 21.2. The normalized spacial score (nSPS) is 12.2. The number of aliphatic carboxylic acids is 2. The van der Waals surface area contributed by atoms with Gasteiger partial charge in [0.1, 0.15) is 18.9 Å². The Labute approximate surface area is 174 Å². The Balaban J connectivity index is 0.000000321. The maximum atomic E-state index is 9.53. The highest BCUT2D eigenvalue weighted by atomic mass is 32.2. The first-order valence-electron chi connectivity index (χ1n) is 8.98. The van der Waals surface area contributed by atoms with E-state index in [1.54, 1.807) is 0 Å². The Bertz CT molecular complexity index is 905. The molecule has 0 saturated carbocycles. The fourth-order valence-corrected chi connectivity index (χ4v) is 3.47. The van der Waals surface area contributed by atoms with Crippen LogP contribution < -0.4 is 10.0 Å². The largest absolute Gasteiger partial charge is 0.545 e. The summed E-state index contributed by atoms with van der Waals surface area (Å²) in [6.07, 6.45) is 3.11. The highest BCUT2D eigenvalue weighted by Crippen LogP contribution is 2.40. The molecule has 7 heteroatoms. The second-order valence-electron chi connectivity index (χ2n) is 6.44. The fraction of sp³-hybridized carbons (Fsp3) is 0.182. The molecular formula is C22H23NO5S. The monoisotopic (exact) mass is 413 g/mol. The summed E-state index contributed by atoms with van der Waals surface area (Å²) in [5.74, 6) is -1.83. The number of quaternary nitrogens is 1. The zero-order valence-electron chi connectivity index (χ0n) is 16.3. The van der Waals surface area contributed by atoms with Gasteiger partial charge in [0.25, 0.3) is 0 Å². The number of carboxylic acids is 2. The molecule has 2 aromatic carbocycles. The molecule has 1 aliphatic rings. The van der Waals surface area contributed by atoms with Crippen LogP contribution >= 0.6 is 11.8 Å². The molecule has 29 heavy (non-hydrogen) atoms. The van der Waals surface area contributed by atoms with E-state index in [1.165, 1.54) is 25.8 Å². The van der Waals surface area contributed by atoms with Gasteiger partial charge in [-0.25, -0.2) is 4.79 Å². The van der Waals surface area contributed by atoms with Crippen LogP contribution in [0.4, 0.5) is 0 Å². The predicted molar refractivity (Wildman–Crippen MR) is 110 cm³/mol. The molecule has 2 N–H and O–H groups in total. The number of fused-ring (bicyclic) bond motifs is 2. The molecule has 0 spiro atoms. The Morgan fingerprint density at radius 2 is 1.72 bits per heavy atom. The van der Waals surface area contributed by atoms with Gasteiger partial charge >= 0.3 is 5.97 Å². The van der Waals surface area contributed by atoms with Crippen LogP contribution in [0, 0.1) is 0 Å². The highest BCUT2D eigenvalue weighted by Gasteiger charge is 2.16. The molecule has 0 saturated heterocycles. The van der Waals surface area contributed by atoms with E-state index in [0.717, 1.165) is 18.9 Å². The number of likely N-dealkylation sites (N-methyl/N-ethyl adjacent to an activating group) is 1. The van der Waals surface area contributed by atoms with Crippen LogP contribution in [-0.2, 0) is 14.3 Å². The molecule has 0 radical (unpaired) electrons. The highest BCUT2D eigenvalue weighted by molar-refractivity contribution is 7.99. The lowest BCUT2D eigenvalue weighted by Gasteiger charge is -2.13. The van der Waals surface area contributed by atoms with E-state index in [4.69, 9.17) is 9.84 Å². The van der Waals surface area contributed by atoms with Crippen molar-refractivity contribution in [3.63, 3.8) is 0 Å². The minimum atomic E-state index is -1.51. The Hall–Kier alpha value is -3.03. The SMILES string of the molecule is C[NH+](C)CCOC1=Cc2ccccc2Sc2ccccc21.O=C([O-])/C=C\C(=O)O. The van der Waals surface area contributed by atoms with Gasteiger partial charge < -0.3 is 24.6 Å². The summed E-state index contributed by atoms with van der Waals surface area (Å²) in [5.41, 5.74) is 2.42. The number of rotatable bonds is 6. The van der Waals surface area contributed by atoms with Crippen LogP contribution in [0.25, 0.3) is 11.8 Å². The van der Waals surface area contributed by atoms with Crippen molar-refractivity contribution in [1.29, 1.82) is 0 Å². The van der Waals surface area contributed by atoms with Crippen molar-refractivity contribution >= 4 is 35.5 Å². The molecule has 3 rings (SSSR count). The lowest BCUT2D eigenvalue weighted by atomic mass is 10.1. The van der Waals surface area contributed by atoms with Crippen molar-refractivity contribution in [1.82, 2.24) is 0 Å². The summed E-state index contributed by atoms with van der Waals surface area (Å²) < 4.78 is 6.08. The van der Waals surface area contributed by atoms with Gasteiger partial charge in [-0.3, -0.25) is 0 Å². The maximum absolute atomic E-state index is 9.53. The molecule has 1 aliphatic heterocycles. The summed E-state index contributed by atoms with van der Waals surface area (Å²) in [5, 5.41) is 17.2. The molecule has 0 fully saturated rings. The van der Waals surface area contributed by atoms with Gasteiger partial charge in [-0.1, -0.05) is 48.2 Å². The van der Waals surface area contributed by atoms with Crippen LogP contribution in [0.3, 0.4) is 0 Å². The molecule has 1 heterocycles. The van der Waals surface area contributed by atoms with Crippen LogP contribution in [0.2, 0.25) is 0 Å². The quantitative estimate of drug-likeness (QED) is 0.692. The maximum Gasteiger partial charge on any atom is 0.328 e. The number of carboxylic acid groups (broad SMARTS) is 2. The van der Waals surface area contributed by atoms with E-state index in [2.05, 4.69) is 68.7 Å². The number of benzene rings is 2. The van der Waals surface area contributed by atoms with Gasteiger partial charge in [-0.2, -0.15) is 0 Å². The molecule has 152 valence electrons. The summed E-state index contributed by atoms with van der Waals surface area (Å²) >= 11 is 1.81. The smallest absolute Gasteiger partial charge is 0.328 e. The third kappa shape index (κ3) is 7.48. The second-order valence-corrected chi connectivity index (χ2v) is 7.52. The van der Waals surface area contributed by atoms with Gasteiger partial charge in [0.2, 0.25) is 0 Å². The van der Waals surface area contributed by atoms with Gasteiger partial charge in [0.15, 0.2) is 0 Å². The molecule has 0 atom stereocenters. The second kappa shape index (κ2) is 11.1. The van der Waals surface area contributed by atoms with Crippen LogP contribution in [0.5, 0.6) is 0 Å². The van der Waals surface area contributed by atoms with Gasteiger partial charge in [-0.15, -0.1) is 0 Å². The summed E-state index contributed by atoms with van der Waals surface area (Å²) in [7, 11) is 4.29. The van der Waals surface area contributed by atoms with E-state index >= 15 is 0 Å². The van der Waals surface area contributed by atoms with Crippen molar-refractivity contribution in [3.8, 4) is 0 Å². The van der Waals surface area contributed by atoms with E-state index in [9.17, 15) is 14.7 Å². The third-order valence-electron chi connectivity index (χ3n) is 3.80. The average molecular weight is 413 g/mol. The van der Waals surface area contributed by atoms with E-state index in [-0.39, 0.29) is 0 Å². The Morgan fingerprint density at radius 1 is 1.07 bits per heavy atom. The first kappa shape index (κ1) is 22.3. The molecule has 0 aliphatic carbocycles. The molecular weight excluding hydrogens is 390 g/mol. The minimum absolute atomic E-state index is 0.447. The fourth-order valence-electron chi connectivity index (χ4n) is 2.41. The first-order chi connectivity index (χ1) is 13.9. The van der Waals surface area contributed by atoms with Gasteiger partial charge in [-0.05, 0) is 29.8 Å². The number of carbonyl (C=O) groups excluding carboxylic acids is 1. The number of ether oxygens (including phenoxy) is 1. The molecule has 6 nitrogen and oxygen atoms in total. The zero-order valence-corrected chi connectivity index (χ0v) is 17.1. The van der Waals surface area contributed by atoms with Crippen LogP contribution in [0.1, 0.15) is 11.1 Å². The van der Waals surface area contributed by atoms with Crippen molar-refractivity contribution in [3.05, 3.63) is 71.8 Å². The number of carbonyl (C=O) groups is 2. The van der Waals surface area contributed by atoms with Crippen LogP contribution in [0.15, 0.2) is 70.5 Å². The summed E-state index contributed by atoms with van der Waals surface area (Å²) in [4.78, 5) is 22.9. The minimum Gasteiger partial charge on any atom is -0.545 e. The molecule has 0 bridgehead atoms. The van der Waals surface area contributed by atoms with Gasteiger partial charge in [0, 0.05) is 21.4 Å². The molecule has 2 aromatic rings. The van der Waals surface area contributed by atoms with E-state index in [1.807, 2.05) is 11.8 Å². The van der Waals surface area contributed by atoms with Crippen LogP contribution in [-0.4, -0.2) is 44.3 Å². The van der Waals surface area contributed by atoms with Crippen molar-refractivity contribution in [2.45, 2.75) is 9.79 Å². The van der Waals surface area contributed by atoms with Gasteiger partial charge in [0.05, 0.1) is 20.1 Å². The lowest BCUT2D eigenvalue weighted by Crippen LogP contribution is -3.06. The van der Waals surface area contributed by atoms with E-state index < -0.39 is 11.9 Å². The van der Waals surface area contributed by atoms with Crippen molar-refractivity contribution in [2.75, 3.05) is 27.2 Å². The van der Waals surface area contributed by atoms with Crippen molar-refractivity contribution in [2.24, 2.45) is 0 Å². The van der Waals surface area contributed by atoms with E-state index in [0.29, 0.717) is 12.2 Å². The molecule has 0 unspecified atom stereocenters. The van der Waals surface area contributed by atoms with Crippen molar-refractivity contribution < 1.29 is 29.4 Å². The number of hydrogen-bond donors (Lipinski definition) is 2. The lowest BCUT2D eigenvalue weighted by molar-refractivity contribution is -0.858. The first-order valence-corrected chi connectivity index (χ1v) is 9.80. The summed E-state index contributed by atoms with van der Waals surface area (Å²) in [6, 6.07) is 16.9. The predicted octanol–water partition coefficient (Wildman–Crippen LogP) is 1.19. The standard InChI is InChI=1S/C18H19NOS.C4H4O4/c1-19(2)11-12-20-16-13-14-7-3-5-9-17(14)21-18-10-6-4-8-15(16)18;5-3(6)1-2-4(7)8/h3-10,13H,11-12H2,1-2H3;1-2H,(H,5,6)(H,7,8)/b;2-1-. The summed E-state index contributed by atoms with van der Waals surface area (Å²) in [6.45, 7) is 1.73. The molecule has 0 aromatic heterocycles. The average Bonchev–Trinajstić information content (AvgIpc) is 2.83. The Kier molecular flexibility index (Phi) is 8.51.